The number of nitrogens with two attached hydrogens (primary N) is 1. The zero-order valence-electron chi connectivity index (χ0n) is 11.9. The monoisotopic (exact) mass is 296 g/mol. The molecule has 1 rings (SSSR count). The van der Waals surface area contributed by atoms with E-state index in [1.807, 2.05) is 13.8 Å². The summed E-state index contributed by atoms with van der Waals surface area (Å²) in [6.07, 6.45) is -2.26. The van der Waals surface area contributed by atoms with Crippen molar-refractivity contribution in [1.82, 2.24) is 5.32 Å². The molecule has 0 heterocycles. The molecular formula is C13H23F3N2O2. The standard InChI is InChI=1S/C13H23F3N2O2/c1-8(2)11(17)12(19)18-9-4-3-5-10(6-9)20-7-13(14,15)16/h8-11H,3-7,17H2,1-2H3,(H,18,19). The van der Waals surface area contributed by atoms with Crippen LogP contribution in [0.5, 0.6) is 0 Å². The summed E-state index contributed by atoms with van der Waals surface area (Å²) in [6.45, 7) is 2.46. The summed E-state index contributed by atoms with van der Waals surface area (Å²) in [4.78, 5) is 11.8. The molecule has 0 aliphatic heterocycles. The van der Waals surface area contributed by atoms with Gasteiger partial charge in [0.2, 0.25) is 5.91 Å². The Morgan fingerprint density at radius 2 is 2.05 bits per heavy atom. The van der Waals surface area contributed by atoms with Crippen molar-refractivity contribution in [1.29, 1.82) is 0 Å². The van der Waals surface area contributed by atoms with E-state index in [1.165, 1.54) is 0 Å². The lowest BCUT2D eigenvalue weighted by Crippen LogP contribution is -2.49. The maximum Gasteiger partial charge on any atom is 0.411 e. The van der Waals surface area contributed by atoms with E-state index < -0.39 is 24.9 Å². The van der Waals surface area contributed by atoms with Crippen LogP contribution in [0, 0.1) is 5.92 Å². The van der Waals surface area contributed by atoms with Crippen molar-refractivity contribution in [3.05, 3.63) is 0 Å². The van der Waals surface area contributed by atoms with Gasteiger partial charge in [-0.25, -0.2) is 0 Å². The number of amides is 1. The maximum absolute atomic E-state index is 12.1. The molecule has 3 unspecified atom stereocenters. The Kier molecular flexibility index (Phi) is 6.26. The van der Waals surface area contributed by atoms with Gasteiger partial charge in [0.05, 0.1) is 12.1 Å². The Morgan fingerprint density at radius 1 is 1.40 bits per heavy atom. The first-order valence-corrected chi connectivity index (χ1v) is 6.93. The number of carbonyl (C=O) groups excluding carboxylic acids is 1. The highest BCUT2D eigenvalue weighted by Gasteiger charge is 2.32. The lowest BCUT2D eigenvalue weighted by molar-refractivity contribution is -0.188. The molecule has 0 aromatic carbocycles. The Morgan fingerprint density at radius 3 is 2.60 bits per heavy atom. The van der Waals surface area contributed by atoms with Gasteiger partial charge in [-0.1, -0.05) is 13.8 Å². The van der Waals surface area contributed by atoms with Crippen molar-refractivity contribution in [2.75, 3.05) is 6.61 Å². The summed E-state index contributed by atoms with van der Waals surface area (Å²) in [5.41, 5.74) is 5.74. The third-order valence-corrected chi connectivity index (χ3v) is 3.48. The molecule has 20 heavy (non-hydrogen) atoms. The highest BCUT2D eigenvalue weighted by molar-refractivity contribution is 5.82. The molecule has 0 aromatic rings. The van der Waals surface area contributed by atoms with Gasteiger partial charge in [0.15, 0.2) is 0 Å². The Balaban J connectivity index is 2.39. The molecule has 1 amide bonds. The Labute approximate surface area is 117 Å². The fourth-order valence-corrected chi connectivity index (χ4v) is 2.24. The van der Waals surface area contributed by atoms with Gasteiger partial charge in [0.25, 0.3) is 0 Å². The maximum atomic E-state index is 12.1. The van der Waals surface area contributed by atoms with Crippen LogP contribution in [0.2, 0.25) is 0 Å². The summed E-state index contributed by atoms with van der Waals surface area (Å²) in [6, 6.07) is -0.745. The topological polar surface area (TPSA) is 64.4 Å². The van der Waals surface area contributed by atoms with Crippen LogP contribution < -0.4 is 11.1 Å². The van der Waals surface area contributed by atoms with E-state index in [9.17, 15) is 18.0 Å². The van der Waals surface area contributed by atoms with Crippen molar-refractivity contribution in [2.45, 2.75) is 63.9 Å². The van der Waals surface area contributed by atoms with Crippen LogP contribution in [-0.4, -0.2) is 36.9 Å². The van der Waals surface area contributed by atoms with Crippen LogP contribution in [0.1, 0.15) is 39.5 Å². The van der Waals surface area contributed by atoms with Crippen LogP contribution in [0.4, 0.5) is 13.2 Å². The highest BCUT2D eigenvalue weighted by atomic mass is 19.4. The molecule has 0 aromatic heterocycles. The second-order valence-corrected chi connectivity index (χ2v) is 5.69. The van der Waals surface area contributed by atoms with E-state index in [1.54, 1.807) is 0 Å². The molecule has 0 radical (unpaired) electrons. The third kappa shape index (κ3) is 6.09. The smallest absolute Gasteiger partial charge is 0.369 e. The minimum atomic E-state index is -4.31. The lowest BCUT2D eigenvalue weighted by atomic mass is 9.92. The average Bonchev–Trinajstić information content (AvgIpc) is 2.35. The Bertz CT molecular complexity index is 321. The van der Waals surface area contributed by atoms with Gasteiger partial charge in [-0.05, 0) is 31.6 Å². The largest absolute Gasteiger partial charge is 0.411 e. The van der Waals surface area contributed by atoms with E-state index in [2.05, 4.69) is 5.32 Å². The lowest BCUT2D eigenvalue weighted by Gasteiger charge is -2.31. The summed E-state index contributed by atoms with van der Waals surface area (Å²) in [7, 11) is 0. The summed E-state index contributed by atoms with van der Waals surface area (Å²) < 4.78 is 41.2. The predicted molar refractivity (Wildman–Crippen MR) is 69.0 cm³/mol. The van der Waals surface area contributed by atoms with E-state index in [-0.39, 0.29) is 17.9 Å². The quantitative estimate of drug-likeness (QED) is 0.815. The van der Waals surface area contributed by atoms with E-state index in [0.717, 1.165) is 12.8 Å². The molecule has 0 saturated heterocycles. The zero-order chi connectivity index (χ0) is 15.3. The molecule has 4 nitrogen and oxygen atoms in total. The van der Waals surface area contributed by atoms with Gasteiger partial charge in [-0.15, -0.1) is 0 Å². The first-order valence-electron chi connectivity index (χ1n) is 6.93. The van der Waals surface area contributed by atoms with E-state index >= 15 is 0 Å². The number of hydrogen-bond acceptors (Lipinski definition) is 3. The van der Waals surface area contributed by atoms with Crippen LogP contribution >= 0.6 is 0 Å². The summed E-state index contributed by atoms with van der Waals surface area (Å²) in [5, 5.41) is 2.80. The predicted octanol–water partition coefficient (Wildman–Crippen LogP) is 1.98. The average molecular weight is 296 g/mol. The molecule has 1 saturated carbocycles. The van der Waals surface area contributed by atoms with Crippen molar-refractivity contribution < 1.29 is 22.7 Å². The number of nitrogens with one attached hydrogen (secondary N) is 1. The molecule has 7 heteroatoms. The van der Waals surface area contributed by atoms with Gasteiger partial charge in [0, 0.05) is 6.04 Å². The number of halogens is 3. The van der Waals surface area contributed by atoms with E-state index in [4.69, 9.17) is 10.5 Å². The first-order chi connectivity index (χ1) is 9.19. The fraction of sp³-hybridized carbons (Fsp3) is 0.923. The van der Waals surface area contributed by atoms with Crippen molar-refractivity contribution >= 4 is 5.91 Å². The Hall–Kier alpha value is -0.820. The third-order valence-electron chi connectivity index (χ3n) is 3.48. The van der Waals surface area contributed by atoms with Crippen LogP contribution in [-0.2, 0) is 9.53 Å². The van der Waals surface area contributed by atoms with E-state index in [0.29, 0.717) is 12.8 Å². The molecular weight excluding hydrogens is 273 g/mol. The van der Waals surface area contributed by atoms with Crippen molar-refractivity contribution in [3.8, 4) is 0 Å². The molecule has 0 bridgehead atoms. The normalized spacial score (nSPS) is 25.6. The van der Waals surface area contributed by atoms with Gasteiger partial charge >= 0.3 is 6.18 Å². The fourth-order valence-electron chi connectivity index (χ4n) is 2.24. The number of alkyl halides is 3. The minimum absolute atomic E-state index is 0.0240. The highest BCUT2D eigenvalue weighted by Crippen LogP contribution is 2.24. The molecule has 3 N–H and O–H groups in total. The molecule has 1 aliphatic carbocycles. The minimum Gasteiger partial charge on any atom is -0.369 e. The van der Waals surface area contributed by atoms with Gasteiger partial charge in [-0.2, -0.15) is 13.2 Å². The van der Waals surface area contributed by atoms with Gasteiger partial charge in [-0.3, -0.25) is 4.79 Å². The van der Waals surface area contributed by atoms with Crippen LogP contribution in [0.25, 0.3) is 0 Å². The summed E-state index contributed by atoms with van der Waals surface area (Å²) in [5.74, 6) is -0.225. The zero-order valence-corrected chi connectivity index (χ0v) is 11.9. The molecule has 3 atom stereocenters. The van der Waals surface area contributed by atoms with Gasteiger partial charge < -0.3 is 15.8 Å². The first kappa shape index (κ1) is 17.2. The summed E-state index contributed by atoms with van der Waals surface area (Å²) >= 11 is 0. The molecule has 118 valence electrons. The molecule has 0 spiro atoms. The van der Waals surface area contributed by atoms with Crippen molar-refractivity contribution in [2.24, 2.45) is 11.7 Å². The van der Waals surface area contributed by atoms with Crippen molar-refractivity contribution in [3.63, 3.8) is 0 Å². The number of rotatable bonds is 5. The van der Waals surface area contributed by atoms with Crippen LogP contribution in [0.15, 0.2) is 0 Å². The van der Waals surface area contributed by atoms with Crippen LogP contribution in [0.3, 0.4) is 0 Å². The molecule has 1 fully saturated rings. The number of hydrogen-bond donors (Lipinski definition) is 2. The number of ether oxygens (including phenoxy) is 1. The second-order valence-electron chi connectivity index (χ2n) is 5.69. The second kappa shape index (κ2) is 7.26. The molecule has 1 aliphatic rings. The number of carbonyl (C=O) groups is 1. The van der Waals surface area contributed by atoms with Gasteiger partial charge in [0.1, 0.15) is 6.61 Å². The SMILES string of the molecule is CC(C)C(N)C(=O)NC1CCCC(OCC(F)(F)F)C1.